The highest BCUT2D eigenvalue weighted by Crippen LogP contribution is 2.19. The predicted molar refractivity (Wildman–Crippen MR) is 98.3 cm³/mol. The number of nitrogens with zero attached hydrogens (tertiary/aromatic N) is 3. The number of H-pyrrole nitrogens is 1. The first kappa shape index (κ1) is 17.5. The van der Waals surface area contributed by atoms with Crippen LogP contribution in [0.3, 0.4) is 0 Å². The van der Waals surface area contributed by atoms with Crippen LogP contribution in [0.25, 0.3) is 10.9 Å². The Bertz CT molecular complexity index is 745. The maximum absolute atomic E-state index is 12.6. The number of para-hydroxylation sites is 1. The predicted octanol–water partition coefficient (Wildman–Crippen LogP) is 1.33. The van der Waals surface area contributed by atoms with Crippen molar-refractivity contribution in [2.45, 2.75) is 12.8 Å². The highest BCUT2D eigenvalue weighted by atomic mass is 16.2. The molecule has 1 fully saturated rings. The van der Waals surface area contributed by atoms with Crippen molar-refractivity contribution in [3.05, 3.63) is 36.0 Å². The number of rotatable bonds is 5. The molecular weight excluding hydrogens is 316 g/mol. The molecule has 0 saturated carbocycles. The Kier molecular flexibility index (Phi) is 5.38. The molecule has 0 unspecified atom stereocenters. The van der Waals surface area contributed by atoms with Crippen LogP contribution in [0.4, 0.5) is 0 Å². The first-order valence-electron chi connectivity index (χ1n) is 8.80. The smallest absolute Gasteiger partial charge is 0.227 e. The van der Waals surface area contributed by atoms with Gasteiger partial charge in [0.25, 0.3) is 0 Å². The van der Waals surface area contributed by atoms with Gasteiger partial charge in [-0.2, -0.15) is 0 Å². The van der Waals surface area contributed by atoms with Crippen LogP contribution in [-0.4, -0.2) is 78.3 Å². The number of hydrogen-bond acceptors (Lipinski definition) is 3. The second kappa shape index (κ2) is 7.70. The van der Waals surface area contributed by atoms with Crippen molar-refractivity contribution < 1.29 is 9.59 Å². The lowest BCUT2D eigenvalue weighted by Crippen LogP contribution is -2.51. The maximum Gasteiger partial charge on any atom is 0.227 e. The van der Waals surface area contributed by atoms with Crippen LogP contribution in [-0.2, 0) is 16.0 Å². The van der Waals surface area contributed by atoms with E-state index in [9.17, 15) is 9.59 Å². The standard InChI is InChI=1S/C19H26N4O2/c1-21(2)8-7-18(24)22-9-11-23(12-10-22)19(25)13-15-14-20-17-6-4-3-5-16(15)17/h3-6,14,20H,7-13H2,1-2H3. The molecule has 6 nitrogen and oxygen atoms in total. The number of carbonyl (C=O) groups is 2. The zero-order valence-electron chi connectivity index (χ0n) is 15.0. The number of aromatic amines is 1. The average molecular weight is 342 g/mol. The molecule has 0 aliphatic carbocycles. The molecule has 0 spiro atoms. The molecule has 3 rings (SSSR count). The summed E-state index contributed by atoms with van der Waals surface area (Å²) in [6.45, 7) is 3.26. The molecule has 2 amide bonds. The van der Waals surface area contributed by atoms with Gasteiger partial charge in [0.1, 0.15) is 0 Å². The number of nitrogens with one attached hydrogen (secondary N) is 1. The van der Waals surface area contributed by atoms with Crippen LogP contribution in [0.15, 0.2) is 30.5 Å². The number of benzene rings is 1. The molecule has 1 N–H and O–H groups in total. The van der Waals surface area contributed by atoms with E-state index in [-0.39, 0.29) is 11.8 Å². The van der Waals surface area contributed by atoms with Crippen molar-refractivity contribution in [1.29, 1.82) is 0 Å². The van der Waals surface area contributed by atoms with E-state index in [0.717, 1.165) is 23.0 Å². The van der Waals surface area contributed by atoms with Crippen molar-refractivity contribution in [3.63, 3.8) is 0 Å². The SMILES string of the molecule is CN(C)CCC(=O)N1CCN(C(=O)Cc2c[nH]c3ccccc23)CC1. The quantitative estimate of drug-likeness (QED) is 0.892. The van der Waals surface area contributed by atoms with Crippen molar-refractivity contribution in [3.8, 4) is 0 Å². The fraction of sp³-hybridized carbons (Fsp3) is 0.474. The van der Waals surface area contributed by atoms with E-state index in [2.05, 4.69) is 4.98 Å². The normalized spacial score (nSPS) is 15.2. The summed E-state index contributed by atoms with van der Waals surface area (Å²) in [4.78, 5) is 33.7. The molecule has 25 heavy (non-hydrogen) atoms. The first-order valence-corrected chi connectivity index (χ1v) is 8.80. The highest BCUT2D eigenvalue weighted by molar-refractivity contribution is 5.89. The van der Waals surface area contributed by atoms with E-state index in [1.807, 2.05) is 59.3 Å². The van der Waals surface area contributed by atoms with Crippen LogP contribution in [0, 0.1) is 0 Å². The summed E-state index contributed by atoms with van der Waals surface area (Å²) >= 11 is 0. The van der Waals surface area contributed by atoms with Gasteiger partial charge in [0.05, 0.1) is 6.42 Å². The maximum atomic E-state index is 12.6. The number of amides is 2. The summed E-state index contributed by atoms with van der Waals surface area (Å²) in [6, 6.07) is 8.02. The summed E-state index contributed by atoms with van der Waals surface area (Å²) < 4.78 is 0. The van der Waals surface area contributed by atoms with Gasteiger partial charge in [-0.05, 0) is 25.7 Å². The Balaban J connectivity index is 1.52. The topological polar surface area (TPSA) is 59.7 Å². The number of aromatic nitrogens is 1. The van der Waals surface area contributed by atoms with Gasteiger partial charge < -0.3 is 19.7 Å². The van der Waals surface area contributed by atoms with Gasteiger partial charge in [-0.25, -0.2) is 0 Å². The van der Waals surface area contributed by atoms with Gasteiger partial charge in [-0.1, -0.05) is 18.2 Å². The van der Waals surface area contributed by atoms with E-state index in [0.29, 0.717) is 39.0 Å². The van der Waals surface area contributed by atoms with Crippen molar-refractivity contribution >= 4 is 22.7 Å². The van der Waals surface area contributed by atoms with Gasteiger partial charge in [0, 0.05) is 56.2 Å². The molecule has 0 radical (unpaired) electrons. The third kappa shape index (κ3) is 4.20. The lowest BCUT2D eigenvalue weighted by Gasteiger charge is -2.35. The van der Waals surface area contributed by atoms with Gasteiger partial charge in [0.15, 0.2) is 0 Å². The van der Waals surface area contributed by atoms with E-state index >= 15 is 0 Å². The van der Waals surface area contributed by atoms with E-state index in [4.69, 9.17) is 0 Å². The molecule has 2 aromatic rings. The number of fused-ring (bicyclic) bond motifs is 1. The van der Waals surface area contributed by atoms with Crippen LogP contribution >= 0.6 is 0 Å². The summed E-state index contributed by atoms with van der Waals surface area (Å²) in [5.41, 5.74) is 2.09. The van der Waals surface area contributed by atoms with Crippen LogP contribution < -0.4 is 0 Å². The van der Waals surface area contributed by atoms with Crippen molar-refractivity contribution in [2.75, 3.05) is 46.8 Å². The molecule has 1 aromatic heterocycles. The van der Waals surface area contributed by atoms with Gasteiger partial charge in [-0.3, -0.25) is 9.59 Å². The molecule has 0 bridgehead atoms. The molecule has 134 valence electrons. The van der Waals surface area contributed by atoms with Gasteiger partial charge >= 0.3 is 0 Å². The minimum Gasteiger partial charge on any atom is -0.361 e. The first-order chi connectivity index (χ1) is 12.0. The summed E-state index contributed by atoms with van der Waals surface area (Å²) in [7, 11) is 3.93. The fourth-order valence-electron chi connectivity index (χ4n) is 3.24. The number of carbonyl (C=O) groups excluding carboxylic acids is 2. The Labute approximate surface area is 148 Å². The Morgan fingerprint density at radius 3 is 2.36 bits per heavy atom. The lowest BCUT2D eigenvalue weighted by molar-refractivity contribution is -0.139. The monoisotopic (exact) mass is 342 g/mol. The fourth-order valence-corrected chi connectivity index (χ4v) is 3.24. The largest absolute Gasteiger partial charge is 0.361 e. The van der Waals surface area contributed by atoms with Gasteiger partial charge in [-0.15, -0.1) is 0 Å². The average Bonchev–Trinajstić information content (AvgIpc) is 3.03. The van der Waals surface area contributed by atoms with E-state index in [1.54, 1.807) is 0 Å². The third-order valence-electron chi connectivity index (χ3n) is 4.77. The van der Waals surface area contributed by atoms with E-state index in [1.165, 1.54) is 0 Å². The summed E-state index contributed by atoms with van der Waals surface area (Å²) in [5.74, 6) is 0.308. The zero-order chi connectivity index (χ0) is 17.8. The minimum absolute atomic E-state index is 0.130. The Morgan fingerprint density at radius 1 is 1.04 bits per heavy atom. The molecule has 2 heterocycles. The molecule has 1 aliphatic heterocycles. The van der Waals surface area contributed by atoms with Crippen LogP contribution in [0.1, 0.15) is 12.0 Å². The second-order valence-corrected chi connectivity index (χ2v) is 6.85. The van der Waals surface area contributed by atoms with Crippen molar-refractivity contribution in [1.82, 2.24) is 19.7 Å². The number of hydrogen-bond donors (Lipinski definition) is 1. The molecular formula is C19H26N4O2. The van der Waals surface area contributed by atoms with Gasteiger partial charge in [0.2, 0.25) is 11.8 Å². The van der Waals surface area contributed by atoms with Crippen LogP contribution in [0.2, 0.25) is 0 Å². The molecule has 0 atom stereocenters. The lowest BCUT2D eigenvalue weighted by atomic mass is 10.1. The van der Waals surface area contributed by atoms with Crippen LogP contribution in [0.5, 0.6) is 0 Å². The van der Waals surface area contributed by atoms with Crippen molar-refractivity contribution in [2.24, 2.45) is 0 Å². The zero-order valence-corrected chi connectivity index (χ0v) is 15.0. The summed E-state index contributed by atoms with van der Waals surface area (Å²) in [5, 5.41) is 1.10. The Morgan fingerprint density at radius 2 is 1.68 bits per heavy atom. The molecule has 1 aliphatic rings. The third-order valence-corrected chi connectivity index (χ3v) is 4.77. The molecule has 1 saturated heterocycles. The summed E-state index contributed by atoms with van der Waals surface area (Å²) in [6.07, 6.45) is 2.86. The minimum atomic E-state index is 0.130. The molecule has 1 aromatic carbocycles. The highest BCUT2D eigenvalue weighted by Gasteiger charge is 2.24. The van der Waals surface area contributed by atoms with E-state index < -0.39 is 0 Å². The Hall–Kier alpha value is -2.34. The number of piperazine rings is 1. The molecule has 6 heteroatoms. The second-order valence-electron chi connectivity index (χ2n) is 6.85.